The quantitative estimate of drug-likeness (QED) is 0.304. The van der Waals surface area contributed by atoms with Gasteiger partial charge < -0.3 is 24.6 Å². The molecule has 3 rings (SSSR count). The number of hydrogen-bond acceptors (Lipinski definition) is 7. The summed E-state index contributed by atoms with van der Waals surface area (Å²) >= 11 is 0. The Hall–Kier alpha value is -2.21. The van der Waals surface area contributed by atoms with Crippen LogP contribution in [-0.2, 0) is 24.3 Å². The van der Waals surface area contributed by atoms with Crippen LogP contribution in [0, 0.1) is 19.8 Å². The Balaban J connectivity index is 1.29. The van der Waals surface area contributed by atoms with Gasteiger partial charge in [0.15, 0.2) is 0 Å². The van der Waals surface area contributed by atoms with Crippen LogP contribution in [0.4, 0.5) is 0 Å². The fraction of sp³-hybridized carbons (Fsp3) is 0.742. The van der Waals surface area contributed by atoms with Crippen molar-refractivity contribution in [1.82, 2.24) is 19.4 Å². The minimum absolute atomic E-state index is 0.0822. The Morgan fingerprint density at radius 1 is 1.00 bits per heavy atom. The molecule has 0 atom stereocenters. The second kappa shape index (κ2) is 16.6. The SMILES string of the molecule is COc1cc(C)c(S(=O)(=O)N(C)CCOCC(=O)N(C)CCC2CCC(NC(=O)CCN3CCCCC3)CC2)c(C)c1. The number of carbonyl (C=O) groups excluding carboxylic acids is 2. The molecule has 1 heterocycles. The van der Waals surface area contributed by atoms with E-state index in [-0.39, 0.29) is 42.5 Å². The number of likely N-dealkylation sites (N-methyl/N-ethyl adjacent to an activating group) is 2. The van der Waals surface area contributed by atoms with Crippen LogP contribution < -0.4 is 10.1 Å². The predicted octanol–water partition coefficient (Wildman–Crippen LogP) is 3.35. The molecule has 0 spiro atoms. The summed E-state index contributed by atoms with van der Waals surface area (Å²) in [7, 11) is 1.15. The highest BCUT2D eigenvalue weighted by atomic mass is 32.2. The van der Waals surface area contributed by atoms with Crippen molar-refractivity contribution in [2.75, 3.05) is 67.1 Å². The molecule has 1 saturated carbocycles. The van der Waals surface area contributed by atoms with Crippen LogP contribution in [0.5, 0.6) is 5.75 Å². The minimum Gasteiger partial charge on any atom is -0.497 e. The highest BCUT2D eigenvalue weighted by molar-refractivity contribution is 7.89. The molecule has 1 aliphatic carbocycles. The van der Waals surface area contributed by atoms with Gasteiger partial charge >= 0.3 is 0 Å². The van der Waals surface area contributed by atoms with E-state index in [4.69, 9.17) is 9.47 Å². The van der Waals surface area contributed by atoms with Gasteiger partial charge in [0.05, 0.1) is 18.6 Å². The predicted molar refractivity (Wildman–Crippen MR) is 164 cm³/mol. The standard InChI is InChI=1S/C31H52N4O6S/c1-24-21-28(40-5)22-25(2)31(24)42(38,39)34(4)19-20-41-23-30(37)33(3)17-13-26-9-11-27(12-10-26)32-29(36)14-18-35-15-7-6-8-16-35/h21-22,26-27H,6-20,23H2,1-5H3,(H,32,36). The normalized spacial score (nSPS) is 20.0. The zero-order valence-electron chi connectivity index (χ0n) is 26.3. The summed E-state index contributed by atoms with van der Waals surface area (Å²) in [6, 6.07) is 3.68. The fourth-order valence-corrected chi connectivity index (χ4v) is 7.57. The number of nitrogens with zero attached hydrogens (tertiary/aromatic N) is 3. The number of aryl methyl sites for hydroxylation is 2. The zero-order valence-corrected chi connectivity index (χ0v) is 27.1. The molecule has 2 amide bonds. The van der Waals surface area contributed by atoms with Gasteiger partial charge in [0.25, 0.3) is 0 Å². The van der Waals surface area contributed by atoms with E-state index >= 15 is 0 Å². The number of rotatable bonds is 15. The Kier molecular flexibility index (Phi) is 13.5. The maximum absolute atomic E-state index is 13.1. The summed E-state index contributed by atoms with van der Waals surface area (Å²) in [5.74, 6) is 1.22. The van der Waals surface area contributed by atoms with Crippen LogP contribution >= 0.6 is 0 Å². The molecule has 1 N–H and O–H groups in total. The van der Waals surface area contributed by atoms with Gasteiger partial charge in [-0.3, -0.25) is 9.59 Å². The molecule has 1 saturated heterocycles. The van der Waals surface area contributed by atoms with Crippen molar-refractivity contribution in [2.45, 2.75) is 82.6 Å². The topological polar surface area (TPSA) is 108 Å². The Morgan fingerprint density at radius 2 is 1.64 bits per heavy atom. The molecule has 42 heavy (non-hydrogen) atoms. The molecular formula is C31H52N4O6S. The van der Waals surface area contributed by atoms with Gasteiger partial charge in [-0.15, -0.1) is 0 Å². The third kappa shape index (κ3) is 10.2. The number of carbonyl (C=O) groups is 2. The van der Waals surface area contributed by atoms with Crippen LogP contribution in [0.25, 0.3) is 0 Å². The van der Waals surface area contributed by atoms with Crippen molar-refractivity contribution < 1.29 is 27.5 Å². The number of piperidine rings is 1. The molecule has 2 aliphatic rings. The summed E-state index contributed by atoms with van der Waals surface area (Å²) in [4.78, 5) is 29.3. The molecule has 0 unspecified atom stereocenters. The number of hydrogen-bond donors (Lipinski definition) is 1. The van der Waals surface area contributed by atoms with Gasteiger partial charge in [-0.1, -0.05) is 6.42 Å². The smallest absolute Gasteiger partial charge is 0.248 e. The fourth-order valence-electron chi connectivity index (χ4n) is 6.01. The highest BCUT2D eigenvalue weighted by Gasteiger charge is 2.26. The molecule has 0 aromatic heterocycles. The third-order valence-electron chi connectivity index (χ3n) is 8.73. The van der Waals surface area contributed by atoms with Crippen LogP contribution in [0.15, 0.2) is 17.0 Å². The number of ether oxygens (including phenoxy) is 2. The minimum atomic E-state index is -3.70. The van der Waals surface area contributed by atoms with E-state index in [1.165, 1.54) is 30.6 Å². The van der Waals surface area contributed by atoms with E-state index in [2.05, 4.69) is 10.2 Å². The zero-order chi connectivity index (χ0) is 30.7. The van der Waals surface area contributed by atoms with Crippen molar-refractivity contribution in [1.29, 1.82) is 0 Å². The average molecular weight is 609 g/mol. The Labute approximate surface area is 253 Å². The summed E-state index contributed by atoms with van der Waals surface area (Å²) < 4.78 is 38.3. The maximum atomic E-state index is 13.1. The Morgan fingerprint density at radius 3 is 2.26 bits per heavy atom. The monoisotopic (exact) mass is 608 g/mol. The number of amides is 2. The van der Waals surface area contributed by atoms with E-state index in [0.717, 1.165) is 51.7 Å². The van der Waals surface area contributed by atoms with Gasteiger partial charge in [-0.05, 0) is 101 Å². The van der Waals surface area contributed by atoms with Gasteiger partial charge in [0.1, 0.15) is 12.4 Å². The van der Waals surface area contributed by atoms with Gasteiger partial charge in [-0.2, -0.15) is 4.31 Å². The third-order valence-corrected chi connectivity index (χ3v) is 10.9. The second-order valence-corrected chi connectivity index (χ2v) is 14.0. The largest absolute Gasteiger partial charge is 0.497 e. The molecule has 2 fully saturated rings. The van der Waals surface area contributed by atoms with Gasteiger partial charge in [0, 0.05) is 46.2 Å². The summed E-state index contributed by atoms with van der Waals surface area (Å²) in [6.07, 6.45) is 9.42. The van der Waals surface area contributed by atoms with Gasteiger partial charge in [0.2, 0.25) is 21.8 Å². The molecular weight excluding hydrogens is 556 g/mol. The number of nitrogens with one attached hydrogen (secondary N) is 1. The lowest BCUT2D eigenvalue weighted by Crippen LogP contribution is -2.40. The lowest BCUT2D eigenvalue weighted by Gasteiger charge is -2.31. The van der Waals surface area contributed by atoms with Crippen molar-refractivity contribution >= 4 is 21.8 Å². The van der Waals surface area contributed by atoms with Crippen LogP contribution in [-0.4, -0.2) is 108 Å². The molecule has 0 radical (unpaired) electrons. The van der Waals surface area contributed by atoms with Crippen molar-refractivity contribution in [3.05, 3.63) is 23.3 Å². The second-order valence-electron chi connectivity index (χ2n) is 12.0. The highest BCUT2D eigenvalue weighted by Crippen LogP contribution is 2.28. The maximum Gasteiger partial charge on any atom is 0.248 e. The lowest BCUT2D eigenvalue weighted by atomic mass is 9.84. The first kappa shape index (κ1) is 34.3. The van der Waals surface area contributed by atoms with Crippen molar-refractivity contribution in [2.24, 2.45) is 5.92 Å². The first-order valence-corrected chi connectivity index (χ1v) is 16.9. The van der Waals surface area contributed by atoms with E-state index in [1.54, 1.807) is 45.0 Å². The number of methoxy groups -OCH3 is 1. The lowest BCUT2D eigenvalue weighted by molar-refractivity contribution is -0.135. The molecule has 0 bridgehead atoms. The van der Waals surface area contributed by atoms with Crippen LogP contribution in [0.2, 0.25) is 0 Å². The van der Waals surface area contributed by atoms with E-state index in [9.17, 15) is 18.0 Å². The molecule has 10 nitrogen and oxygen atoms in total. The molecule has 1 aliphatic heterocycles. The molecule has 11 heteroatoms. The number of sulfonamides is 1. The molecule has 1 aromatic rings. The summed E-state index contributed by atoms with van der Waals surface area (Å²) in [5.41, 5.74) is 1.25. The van der Waals surface area contributed by atoms with E-state index in [1.807, 2.05) is 0 Å². The summed E-state index contributed by atoms with van der Waals surface area (Å²) in [5, 5.41) is 3.23. The van der Waals surface area contributed by atoms with Crippen LogP contribution in [0.3, 0.4) is 0 Å². The van der Waals surface area contributed by atoms with Crippen LogP contribution in [0.1, 0.15) is 68.9 Å². The van der Waals surface area contributed by atoms with Crippen molar-refractivity contribution in [3.63, 3.8) is 0 Å². The first-order chi connectivity index (χ1) is 20.0. The van der Waals surface area contributed by atoms with Crippen molar-refractivity contribution in [3.8, 4) is 5.75 Å². The number of benzene rings is 1. The number of likely N-dealkylation sites (tertiary alicyclic amines) is 1. The average Bonchev–Trinajstić information content (AvgIpc) is 2.97. The molecule has 238 valence electrons. The van der Waals surface area contributed by atoms with E-state index in [0.29, 0.717) is 35.8 Å². The first-order valence-electron chi connectivity index (χ1n) is 15.5. The summed E-state index contributed by atoms with van der Waals surface area (Å²) in [6.45, 7) is 7.45. The van der Waals surface area contributed by atoms with Gasteiger partial charge in [-0.25, -0.2) is 8.42 Å². The van der Waals surface area contributed by atoms with E-state index < -0.39 is 10.0 Å². The Bertz CT molecular complexity index is 1110. The molecule has 1 aromatic carbocycles.